The van der Waals surface area contributed by atoms with Crippen LogP contribution in [-0.4, -0.2) is 6.54 Å². The van der Waals surface area contributed by atoms with Gasteiger partial charge >= 0.3 is 0 Å². The van der Waals surface area contributed by atoms with Crippen LogP contribution in [0.3, 0.4) is 0 Å². The molecule has 4 heteroatoms. The second kappa shape index (κ2) is 6.36. The van der Waals surface area contributed by atoms with Gasteiger partial charge < -0.3 is 10.5 Å². The second-order valence-corrected chi connectivity index (χ2v) is 5.87. The Morgan fingerprint density at radius 2 is 2.22 bits per heavy atom. The van der Waals surface area contributed by atoms with Gasteiger partial charge in [0.25, 0.3) is 0 Å². The molecule has 0 aliphatic heterocycles. The van der Waals surface area contributed by atoms with Crippen LogP contribution in [0.4, 0.5) is 0 Å². The van der Waals surface area contributed by atoms with Crippen LogP contribution in [0.2, 0.25) is 0 Å². The normalized spacial score (nSPS) is 10.6. The Kier molecular flexibility index (Phi) is 4.80. The van der Waals surface area contributed by atoms with E-state index in [1.807, 2.05) is 0 Å². The molecule has 18 heavy (non-hydrogen) atoms. The maximum absolute atomic E-state index is 5.95. The molecule has 0 saturated heterocycles. The van der Waals surface area contributed by atoms with E-state index in [0.29, 0.717) is 13.2 Å². The van der Waals surface area contributed by atoms with Crippen LogP contribution in [0.15, 0.2) is 33.4 Å². The van der Waals surface area contributed by atoms with Crippen molar-refractivity contribution in [2.45, 2.75) is 20.0 Å². The fraction of sp³-hybridized carbons (Fsp3) is 0.286. The minimum atomic E-state index is 0.615. The van der Waals surface area contributed by atoms with E-state index in [1.165, 1.54) is 11.1 Å². The van der Waals surface area contributed by atoms with Gasteiger partial charge in [0.2, 0.25) is 0 Å². The van der Waals surface area contributed by atoms with Crippen molar-refractivity contribution >= 4 is 27.3 Å². The minimum Gasteiger partial charge on any atom is -0.488 e. The van der Waals surface area contributed by atoms with Gasteiger partial charge in [-0.3, -0.25) is 0 Å². The Balaban J connectivity index is 2.19. The predicted molar refractivity (Wildman–Crippen MR) is 80.3 cm³/mol. The van der Waals surface area contributed by atoms with E-state index in [-0.39, 0.29) is 0 Å². The highest BCUT2D eigenvalue weighted by molar-refractivity contribution is 9.10. The molecule has 0 amide bonds. The largest absolute Gasteiger partial charge is 0.488 e. The Hall–Kier alpha value is -0.840. The van der Waals surface area contributed by atoms with Gasteiger partial charge in [-0.2, -0.15) is 11.3 Å². The second-order valence-electron chi connectivity index (χ2n) is 4.17. The molecule has 0 unspecified atom stereocenters. The van der Waals surface area contributed by atoms with Crippen molar-refractivity contribution < 1.29 is 4.74 Å². The summed E-state index contributed by atoms with van der Waals surface area (Å²) in [5.74, 6) is 0.967. The molecule has 2 nitrogen and oxygen atoms in total. The van der Waals surface area contributed by atoms with Crippen molar-refractivity contribution in [3.63, 3.8) is 0 Å². The van der Waals surface area contributed by atoms with E-state index in [1.54, 1.807) is 11.3 Å². The smallest absolute Gasteiger partial charge is 0.126 e. The molecule has 0 radical (unpaired) electrons. The van der Waals surface area contributed by atoms with Gasteiger partial charge in [-0.1, -0.05) is 15.9 Å². The molecular weight excluding hydrogens is 310 g/mol. The lowest BCUT2D eigenvalue weighted by atomic mass is 10.1. The molecule has 0 saturated carbocycles. The minimum absolute atomic E-state index is 0.615. The average Bonchev–Trinajstić information content (AvgIpc) is 2.81. The van der Waals surface area contributed by atoms with Gasteiger partial charge in [-0.25, -0.2) is 0 Å². The highest BCUT2D eigenvalue weighted by Crippen LogP contribution is 2.29. The highest BCUT2D eigenvalue weighted by Gasteiger charge is 2.09. The molecule has 2 rings (SSSR count). The molecule has 96 valence electrons. The molecular formula is C14H16BrNOS. The van der Waals surface area contributed by atoms with E-state index in [9.17, 15) is 0 Å². The molecule has 0 atom stereocenters. The molecule has 0 aliphatic carbocycles. The van der Waals surface area contributed by atoms with Gasteiger partial charge in [0, 0.05) is 4.47 Å². The first-order valence-electron chi connectivity index (χ1n) is 5.83. The van der Waals surface area contributed by atoms with E-state index >= 15 is 0 Å². The maximum atomic E-state index is 5.95. The summed E-state index contributed by atoms with van der Waals surface area (Å²) in [4.78, 5) is 0. The van der Waals surface area contributed by atoms with E-state index < -0.39 is 0 Å². The van der Waals surface area contributed by atoms with Crippen molar-refractivity contribution in [2.75, 3.05) is 6.54 Å². The standard InChI is InChI=1S/C14H16BrNOS/c1-10-6-13(15)7-12(2-4-16)14(10)17-8-11-3-5-18-9-11/h3,5-7,9H,2,4,8,16H2,1H3. The lowest BCUT2D eigenvalue weighted by Gasteiger charge is -2.14. The van der Waals surface area contributed by atoms with Gasteiger partial charge in [0.1, 0.15) is 12.4 Å². The van der Waals surface area contributed by atoms with Gasteiger partial charge in [0.05, 0.1) is 0 Å². The number of benzene rings is 1. The predicted octanol–water partition coefficient (Wildman–Crippen LogP) is 3.90. The lowest BCUT2D eigenvalue weighted by Crippen LogP contribution is -2.06. The zero-order chi connectivity index (χ0) is 13.0. The summed E-state index contributed by atoms with van der Waals surface area (Å²) < 4.78 is 7.03. The first-order valence-corrected chi connectivity index (χ1v) is 7.57. The molecule has 0 aliphatic rings. The van der Waals surface area contributed by atoms with Crippen molar-refractivity contribution in [2.24, 2.45) is 5.73 Å². The van der Waals surface area contributed by atoms with Crippen LogP contribution in [0.1, 0.15) is 16.7 Å². The van der Waals surface area contributed by atoms with Crippen molar-refractivity contribution in [3.8, 4) is 5.75 Å². The van der Waals surface area contributed by atoms with Gasteiger partial charge in [0.15, 0.2) is 0 Å². The first kappa shape index (κ1) is 13.6. The molecule has 0 fully saturated rings. The molecule has 1 heterocycles. The SMILES string of the molecule is Cc1cc(Br)cc(CCN)c1OCc1ccsc1. The van der Waals surface area contributed by atoms with Crippen LogP contribution in [0.25, 0.3) is 0 Å². The number of nitrogens with two attached hydrogens (primary N) is 1. The van der Waals surface area contributed by atoms with E-state index in [4.69, 9.17) is 10.5 Å². The quantitative estimate of drug-likeness (QED) is 0.904. The summed E-state index contributed by atoms with van der Waals surface area (Å²) in [5, 5.41) is 4.17. The van der Waals surface area contributed by atoms with Crippen LogP contribution in [0.5, 0.6) is 5.75 Å². The summed E-state index contributed by atoms with van der Waals surface area (Å²) in [6.45, 7) is 3.31. The third kappa shape index (κ3) is 3.34. The fourth-order valence-corrected chi connectivity index (χ4v) is 3.15. The average molecular weight is 326 g/mol. The maximum Gasteiger partial charge on any atom is 0.126 e. The van der Waals surface area contributed by atoms with Crippen LogP contribution in [0, 0.1) is 6.92 Å². The number of aryl methyl sites for hydroxylation is 1. The molecule has 1 aromatic heterocycles. The lowest BCUT2D eigenvalue weighted by molar-refractivity contribution is 0.301. The number of ether oxygens (including phenoxy) is 1. The third-order valence-corrected chi connectivity index (χ3v) is 3.88. The number of thiophene rings is 1. The Morgan fingerprint density at radius 1 is 1.39 bits per heavy atom. The number of rotatable bonds is 5. The van der Waals surface area contributed by atoms with Crippen molar-refractivity contribution in [1.82, 2.24) is 0 Å². The zero-order valence-corrected chi connectivity index (χ0v) is 12.7. The summed E-state index contributed by atoms with van der Waals surface area (Å²) in [5.41, 5.74) is 9.17. The molecule has 2 N–H and O–H groups in total. The first-order chi connectivity index (χ1) is 8.70. The number of halogens is 1. The zero-order valence-electron chi connectivity index (χ0n) is 10.3. The highest BCUT2D eigenvalue weighted by atomic mass is 79.9. The molecule has 0 bridgehead atoms. The Bertz CT molecular complexity index is 511. The fourth-order valence-electron chi connectivity index (χ4n) is 1.88. The molecule has 1 aromatic carbocycles. The van der Waals surface area contributed by atoms with Crippen molar-refractivity contribution in [3.05, 3.63) is 50.1 Å². The van der Waals surface area contributed by atoms with E-state index in [0.717, 1.165) is 22.2 Å². The summed E-state index contributed by atoms with van der Waals surface area (Å²) in [6.07, 6.45) is 0.833. The topological polar surface area (TPSA) is 35.2 Å². The van der Waals surface area contributed by atoms with Crippen molar-refractivity contribution in [1.29, 1.82) is 0 Å². The number of hydrogen-bond donors (Lipinski definition) is 1. The number of hydrogen-bond acceptors (Lipinski definition) is 3. The Morgan fingerprint density at radius 3 is 2.89 bits per heavy atom. The van der Waals surface area contributed by atoms with Gasteiger partial charge in [-0.05, 0) is 65.5 Å². The van der Waals surface area contributed by atoms with E-state index in [2.05, 4.69) is 51.8 Å². The third-order valence-electron chi connectivity index (χ3n) is 2.69. The molecule has 0 spiro atoms. The van der Waals surface area contributed by atoms with Crippen LogP contribution < -0.4 is 10.5 Å². The Labute approximate surface area is 120 Å². The van der Waals surface area contributed by atoms with Crippen LogP contribution >= 0.6 is 27.3 Å². The molecule has 2 aromatic rings. The monoisotopic (exact) mass is 325 g/mol. The summed E-state index contributed by atoms with van der Waals surface area (Å²) >= 11 is 5.20. The van der Waals surface area contributed by atoms with Gasteiger partial charge in [-0.15, -0.1) is 0 Å². The summed E-state index contributed by atoms with van der Waals surface area (Å²) in [7, 11) is 0. The van der Waals surface area contributed by atoms with Crippen LogP contribution in [-0.2, 0) is 13.0 Å². The summed E-state index contributed by atoms with van der Waals surface area (Å²) in [6, 6.07) is 6.24.